The van der Waals surface area contributed by atoms with E-state index in [1.165, 1.54) is 334 Å². The zero-order valence-corrected chi connectivity index (χ0v) is 58.1. The fraction of sp³-hybridized carbons (Fsp3) is 0.875. The van der Waals surface area contributed by atoms with E-state index in [0.717, 1.165) is 57.8 Å². The largest absolute Gasteiger partial charge is 0.466 e. The second-order valence-corrected chi connectivity index (χ2v) is 26.7. The Morgan fingerprint density at radius 1 is 0.326 bits per heavy atom. The van der Waals surface area contributed by atoms with Gasteiger partial charge in [0.15, 0.2) is 0 Å². The van der Waals surface area contributed by atoms with E-state index in [2.05, 4.69) is 67.8 Å². The molecule has 0 rings (SSSR count). The molecule has 0 aromatic heterocycles. The van der Waals surface area contributed by atoms with Gasteiger partial charge in [0.1, 0.15) is 0 Å². The van der Waals surface area contributed by atoms with Crippen LogP contribution >= 0.6 is 0 Å². The zero-order valence-electron chi connectivity index (χ0n) is 58.1. The smallest absolute Gasteiger partial charge is 0.305 e. The van der Waals surface area contributed by atoms with Gasteiger partial charge in [0, 0.05) is 12.8 Å². The molecule has 506 valence electrons. The van der Waals surface area contributed by atoms with Gasteiger partial charge in [0.2, 0.25) is 5.91 Å². The number of unbranched alkanes of at least 4 members (excludes halogenated alkanes) is 54. The lowest BCUT2D eigenvalue weighted by molar-refractivity contribution is -0.143. The van der Waals surface area contributed by atoms with Crippen molar-refractivity contribution >= 4 is 11.9 Å². The molecule has 6 nitrogen and oxygen atoms in total. The Kier molecular flexibility index (Phi) is 73.4. The van der Waals surface area contributed by atoms with E-state index in [1.54, 1.807) is 0 Å². The summed E-state index contributed by atoms with van der Waals surface area (Å²) in [5, 5.41) is 23.5. The van der Waals surface area contributed by atoms with Crippen molar-refractivity contribution in [2.45, 2.75) is 437 Å². The van der Waals surface area contributed by atoms with Gasteiger partial charge in [-0.1, -0.05) is 377 Å². The second kappa shape index (κ2) is 75.3. The number of hydrogen-bond acceptors (Lipinski definition) is 5. The molecule has 0 aliphatic rings. The molecule has 0 aliphatic carbocycles. The number of aliphatic hydroxyl groups is 2. The Morgan fingerprint density at radius 2 is 0.605 bits per heavy atom. The average molecular weight is 1210 g/mol. The van der Waals surface area contributed by atoms with Crippen LogP contribution in [0.25, 0.3) is 0 Å². The van der Waals surface area contributed by atoms with Crippen molar-refractivity contribution in [2.24, 2.45) is 0 Å². The highest BCUT2D eigenvalue weighted by Gasteiger charge is 2.20. The monoisotopic (exact) mass is 1210 g/mol. The number of amides is 1. The fourth-order valence-corrected chi connectivity index (χ4v) is 12.2. The van der Waals surface area contributed by atoms with E-state index >= 15 is 0 Å². The number of carbonyl (C=O) groups is 2. The van der Waals surface area contributed by atoms with E-state index in [0.29, 0.717) is 25.9 Å². The van der Waals surface area contributed by atoms with Crippen LogP contribution < -0.4 is 5.32 Å². The molecule has 0 bridgehead atoms. The van der Waals surface area contributed by atoms with Crippen LogP contribution in [0.2, 0.25) is 0 Å². The second-order valence-electron chi connectivity index (χ2n) is 26.7. The average Bonchev–Trinajstić information content (AvgIpc) is 3.55. The lowest BCUT2D eigenvalue weighted by Crippen LogP contribution is -2.45. The third kappa shape index (κ3) is 70.9. The van der Waals surface area contributed by atoms with Gasteiger partial charge in [0.25, 0.3) is 0 Å². The SMILES string of the molecule is CCC/C=C\C/C=C\CCCCCCCC(=O)OCCCCCCCCCCC/C=C\C/C=C\CCCCCCCCCCCCCCCCCCCC(=O)NC(CO)C(O)CCCCCCCCCCCCCCCCCCCCCCCCC. The molecule has 0 heterocycles. The van der Waals surface area contributed by atoms with Crippen LogP contribution in [-0.4, -0.2) is 47.4 Å². The van der Waals surface area contributed by atoms with Crippen LogP contribution in [0.5, 0.6) is 0 Å². The Morgan fingerprint density at radius 3 is 0.930 bits per heavy atom. The normalized spacial score (nSPS) is 12.7. The summed E-state index contributed by atoms with van der Waals surface area (Å²) in [5.74, 6) is -0.0292. The van der Waals surface area contributed by atoms with Crippen molar-refractivity contribution in [3.8, 4) is 0 Å². The molecular weight excluding hydrogens is 1050 g/mol. The van der Waals surface area contributed by atoms with Crippen LogP contribution in [0, 0.1) is 0 Å². The molecule has 2 atom stereocenters. The molecule has 2 unspecified atom stereocenters. The first kappa shape index (κ1) is 83.8. The molecule has 0 aliphatic heterocycles. The first-order valence-corrected chi connectivity index (χ1v) is 38.9. The van der Waals surface area contributed by atoms with E-state index in [-0.39, 0.29) is 18.5 Å². The number of carbonyl (C=O) groups excluding carboxylic acids is 2. The Bertz CT molecular complexity index is 1440. The predicted octanol–water partition coefficient (Wildman–Crippen LogP) is 25.6. The van der Waals surface area contributed by atoms with E-state index in [4.69, 9.17) is 4.74 Å². The van der Waals surface area contributed by atoms with Crippen LogP contribution in [0.3, 0.4) is 0 Å². The van der Waals surface area contributed by atoms with Gasteiger partial charge in [0.05, 0.1) is 25.4 Å². The summed E-state index contributed by atoms with van der Waals surface area (Å²) in [7, 11) is 0. The van der Waals surface area contributed by atoms with Gasteiger partial charge in [-0.05, 0) is 83.5 Å². The third-order valence-corrected chi connectivity index (χ3v) is 18.1. The van der Waals surface area contributed by atoms with Crippen molar-refractivity contribution in [3.63, 3.8) is 0 Å². The number of esters is 1. The van der Waals surface area contributed by atoms with Gasteiger partial charge < -0.3 is 20.3 Å². The van der Waals surface area contributed by atoms with Crippen molar-refractivity contribution in [1.29, 1.82) is 0 Å². The summed E-state index contributed by atoms with van der Waals surface area (Å²) in [6.45, 7) is 4.92. The van der Waals surface area contributed by atoms with Crippen LogP contribution in [0.1, 0.15) is 425 Å². The Hall–Kier alpha value is -2.18. The van der Waals surface area contributed by atoms with Crippen molar-refractivity contribution in [3.05, 3.63) is 48.6 Å². The number of ether oxygens (including phenoxy) is 1. The molecular formula is C80H151NO5. The maximum absolute atomic E-state index is 12.6. The lowest BCUT2D eigenvalue weighted by atomic mass is 10.0. The van der Waals surface area contributed by atoms with Crippen molar-refractivity contribution < 1.29 is 24.5 Å². The molecule has 0 spiro atoms. The Balaban J connectivity index is 3.39. The number of aliphatic hydroxyl groups excluding tert-OH is 2. The van der Waals surface area contributed by atoms with Crippen molar-refractivity contribution in [2.75, 3.05) is 13.2 Å². The summed E-state index contributed by atoms with van der Waals surface area (Å²) < 4.78 is 5.47. The summed E-state index contributed by atoms with van der Waals surface area (Å²) in [4.78, 5) is 24.6. The molecule has 0 saturated carbocycles. The summed E-state index contributed by atoms with van der Waals surface area (Å²) in [6, 6.07) is -0.542. The minimum Gasteiger partial charge on any atom is -0.466 e. The summed E-state index contributed by atoms with van der Waals surface area (Å²) >= 11 is 0. The highest BCUT2D eigenvalue weighted by molar-refractivity contribution is 5.76. The quantitative estimate of drug-likeness (QED) is 0.0320. The minimum atomic E-state index is -0.665. The van der Waals surface area contributed by atoms with Crippen LogP contribution in [0.15, 0.2) is 48.6 Å². The number of nitrogens with one attached hydrogen (secondary N) is 1. The standard InChI is InChI=1S/C80H151NO5/c1-3-5-7-9-11-13-15-17-18-19-20-21-33-36-39-42-45-49-52-56-60-64-68-72-78(83)77(76-82)81-79(84)73-69-65-61-57-53-50-46-43-40-37-34-31-29-27-25-23-22-24-26-28-30-32-35-38-41-44-47-51-55-59-63-67-71-75-86-80(85)74-70-66-62-58-54-48-16-14-12-10-8-6-4-2/h8,10,14,16,26,28,32,35,77-78,82-83H,3-7,9,11-13,15,17-25,27,29-31,33-34,36-76H2,1-2H3,(H,81,84)/b10-8-,16-14-,28-26-,35-32-. The van der Waals surface area contributed by atoms with Gasteiger partial charge in [-0.3, -0.25) is 9.59 Å². The van der Waals surface area contributed by atoms with E-state index in [9.17, 15) is 19.8 Å². The molecule has 0 radical (unpaired) electrons. The molecule has 0 fully saturated rings. The molecule has 86 heavy (non-hydrogen) atoms. The molecule has 3 N–H and O–H groups in total. The van der Waals surface area contributed by atoms with Crippen LogP contribution in [-0.2, 0) is 14.3 Å². The summed E-state index contributed by atoms with van der Waals surface area (Å²) in [6.07, 6.45) is 99.1. The first-order valence-electron chi connectivity index (χ1n) is 38.9. The fourth-order valence-electron chi connectivity index (χ4n) is 12.2. The number of rotatable bonds is 73. The van der Waals surface area contributed by atoms with E-state index in [1.807, 2.05) is 0 Å². The maximum Gasteiger partial charge on any atom is 0.305 e. The first-order chi connectivity index (χ1) is 42.5. The topological polar surface area (TPSA) is 95.9 Å². The highest BCUT2D eigenvalue weighted by Crippen LogP contribution is 2.19. The van der Waals surface area contributed by atoms with Gasteiger partial charge >= 0.3 is 5.97 Å². The van der Waals surface area contributed by atoms with Crippen LogP contribution in [0.4, 0.5) is 0 Å². The third-order valence-electron chi connectivity index (χ3n) is 18.1. The molecule has 0 saturated heterocycles. The predicted molar refractivity (Wildman–Crippen MR) is 379 cm³/mol. The van der Waals surface area contributed by atoms with Gasteiger partial charge in [-0.25, -0.2) is 0 Å². The lowest BCUT2D eigenvalue weighted by Gasteiger charge is -2.22. The maximum atomic E-state index is 12.6. The highest BCUT2D eigenvalue weighted by atomic mass is 16.5. The van der Waals surface area contributed by atoms with Gasteiger partial charge in [-0.2, -0.15) is 0 Å². The molecule has 1 amide bonds. The van der Waals surface area contributed by atoms with E-state index < -0.39 is 12.1 Å². The Labute approximate surface area is 537 Å². The molecule has 0 aromatic rings. The van der Waals surface area contributed by atoms with Crippen molar-refractivity contribution in [1.82, 2.24) is 5.32 Å². The number of allylic oxidation sites excluding steroid dienone is 8. The molecule has 6 heteroatoms. The zero-order chi connectivity index (χ0) is 62.0. The molecule has 0 aromatic carbocycles. The van der Waals surface area contributed by atoms with Gasteiger partial charge in [-0.15, -0.1) is 0 Å². The number of hydrogen-bond donors (Lipinski definition) is 3. The minimum absolute atomic E-state index is 0.000901. The summed E-state index contributed by atoms with van der Waals surface area (Å²) in [5.41, 5.74) is 0.